The van der Waals surface area contributed by atoms with E-state index in [0.29, 0.717) is 12.6 Å². The summed E-state index contributed by atoms with van der Waals surface area (Å²) in [6.45, 7) is 13.0. The molecule has 0 aliphatic heterocycles. The van der Waals surface area contributed by atoms with Gasteiger partial charge in [-0.1, -0.05) is 26.0 Å². The van der Waals surface area contributed by atoms with Gasteiger partial charge in [-0.2, -0.15) is 0 Å². The van der Waals surface area contributed by atoms with Crippen LogP contribution in [0.2, 0.25) is 0 Å². The average Bonchev–Trinajstić information content (AvgIpc) is 2.15. The first-order valence-corrected chi connectivity index (χ1v) is 6.53. The minimum atomic E-state index is 0.694. The lowest BCUT2D eigenvalue weighted by atomic mass is 9.80. The van der Waals surface area contributed by atoms with Crippen molar-refractivity contribution in [2.75, 3.05) is 19.8 Å². The minimum absolute atomic E-state index is 0.694. The maximum atomic E-state index is 5.48. The molecule has 0 bridgehead atoms. The van der Waals surface area contributed by atoms with Crippen LogP contribution < -0.4 is 5.32 Å². The quantitative estimate of drug-likeness (QED) is 0.554. The molecule has 1 aliphatic carbocycles. The second kappa shape index (κ2) is 7.08. The summed E-state index contributed by atoms with van der Waals surface area (Å²) >= 11 is 0. The number of rotatable bonds is 6. The fraction of sp³-hybridized carbons (Fsp3) is 0.857. The van der Waals surface area contributed by atoms with Gasteiger partial charge >= 0.3 is 0 Å². The monoisotopic (exact) mass is 225 g/mol. The third kappa shape index (κ3) is 5.66. The molecule has 1 saturated carbocycles. The van der Waals surface area contributed by atoms with Crippen molar-refractivity contribution in [1.29, 1.82) is 0 Å². The maximum absolute atomic E-state index is 5.48. The van der Waals surface area contributed by atoms with Gasteiger partial charge in [0.05, 0.1) is 13.2 Å². The zero-order valence-corrected chi connectivity index (χ0v) is 11.1. The van der Waals surface area contributed by atoms with Gasteiger partial charge in [0, 0.05) is 12.6 Å². The van der Waals surface area contributed by atoms with Crippen LogP contribution in [0.15, 0.2) is 12.2 Å². The van der Waals surface area contributed by atoms with Gasteiger partial charge in [0.1, 0.15) is 0 Å². The lowest BCUT2D eigenvalue weighted by Gasteiger charge is -2.32. The molecular formula is C14H27NO. The summed E-state index contributed by atoms with van der Waals surface area (Å²) < 4.78 is 5.48. The number of hydrogen-bond donors (Lipinski definition) is 1. The molecule has 1 N–H and O–H groups in total. The van der Waals surface area contributed by atoms with E-state index < -0.39 is 0 Å². The third-order valence-electron chi connectivity index (χ3n) is 3.21. The molecule has 1 fully saturated rings. The van der Waals surface area contributed by atoms with E-state index in [9.17, 15) is 0 Å². The summed E-state index contributed by atoms with van der Waals surface area (Å²) in [7, 11) is 0. The van der Waals surface area contributed by atoms with Gasteiger partial charge in [-0.3, -0.25) is 0 Å². The van der Waals surface area contributed by atoms with Crippen LogP contribution in [0, 0.1) is 11.8 Å². The standard InChI is InChI=1S/C14H27NO/c1-11(2)10-16-6-5-15-14-8-12(3)7-13(4)9-14/h12-15H,1,5-10H2,2-4H3. The van der Waals surface area contributed by atoms with Crippen LogP contribution >= 0.6 is 0 Å². The van der Waals surface area contributed by atoms with E-state index in [4.69, 9.17) is 4.74 Å². The highest BCUT2D eigenvalue weighted by Crippen LogP contribution is 2.28. The van der Waals surface area contributed by atoms with Gasteiger partial charge < -0.3 is 10.1 Å². The first kappa shape index (κ1) is 13.7. The molecule has 2 unspecified atom stereocenters. The molecule has 1 rings (SSSR count). The van der Waals surface area contributed by atoms with E-state index in [1.54, 1.807) is 0 Å². The van der Waals surface area contributed by atoms with E-state index in [1.807, 2.05) is 6.92 Å². The summed E-state index contributed by atoms with van der Waals surface area (Å²) in [5.41, 5.74) is 1.10. The predicted octanol–water partition coefficient (Wildman–Crippen LogP) is 2.99. The fourth-order valence-corrected chi connectivity index (χ4v) is 2.70. The fourth-order valence-electron chi connectivity index (χ4n) is 2.70. The summed E-state index contributed by atoms with van der Waals surface area (Å²) in [5.74, 6) is 1.75. The predicted molar refractivity (Wildman–Crippen MR) is 69.6 cm³/mol. The van der Waals surface area contributed by atoms with Crippen molar-refractivity contribution in [3.05, 3.63) is 12.2 Å². The lowest BCUT2D eigenvalue weighted by molar-refractivity contribution is 0.147. The first-order valence-electron chi connectivity index (χ1n) is 6.53. The Hall–Kier alpha value is -0.340. The second-order valence-corrected chi connectivity index (χ2v) is 5.58. The summed E-state index contributed by atoms with van der Waals surface area (Å²) in [6.07, 6.45) is 4.04. The third-order valence-corrected chi connectivity index (χ3v) is 3.21. The van der Waals surface area contributed by atoms with E-state index in [0.717, 1.165) is 30.6 Å². The number of ether oxygens (including phenoxy) is 1. The highest BCUT2D eigenvalue weighted by molar-refractivity contribution is 4.87. The van der Waals surface area contributed by atoms with Crippen LogP contribution in [-0.2, 0) is 4.74 Å². The summed E-state index contributed by atoms with van der Waals surface area (Å²) in [5, 5.41) is 3.60. The zero-order chi connectivity index (χ0) is 12.0. The molecule has 1 aliphatic rings. The molecule has 2 nitrogen and oxygen atoms in total. The van der Waals surface area contributed by atoms with E-state index in [1.165, 1.54) is 19.3 Å². The molecule has 0 heterocycles. The largest absolute Gasteiger partial charge is 0.376 e. The molecule has 16 heavy (non-hydrogen) atoms. The van der Waals surface area contributed by atoms with Crippen LogP contribution in [0.25, 0.3) is 0 Å². The van der Waals surface area contributed by atoms with Crippen LogP contribution in [0.3, 0.4) is 0 Å². The Kier molecular flexibility index (Phi) is 6.07. The van der Waals surface area contributed by atoms with E-state index >= 15 is 0 Å². The Morgan fingerprint density at radius 3 is 2.44 bits per heavy atom. The van der Waals surface area contributed by atoms with Crippen LogP contribution in [0.4, 0.5) is 0 Å². The van der Waals surface area contributed by atoms with Crippen LogP contribution in [0.1, 0.15) is 40.0 Å². The molecule has 0 aromatic rings. The molecule has 2 heteroatoms. The Morgan fingerprint density at radius 2 is 1.88 bits per heavy atom. The normalized spacial score (nSPS) is 30.3. The van der Waals surface area contributed by atoms with Gasteiger partial charge in [0.25, 0.3) is 0 Å². The SMILES string of the molecule is C=C(C)COCCNC1CC(C)CC(C)C1. The maximum Gasteiger partial charge on any atom is 0.0672 e. The lowest BCUT2D eigenvalue weighted by Crippen LogP contribution is -2.38. The van der Waals surface area contributed by atoms with Crippen molar-refractivity contribution in [2.24, 2.45) is 11.8 Å². The Morgan fingerprint density at radius 1 is 1.25 bits per heavy atom. The number of hydrogen-bond acceptors (Lipinski definition) is 2. The molecular weight excluding hydrogens is 198 g/mol. The minimum Gasteiger partial charge on any atom is -0.376 e. The molecule has 2 atom stereocenters. The smallest absolute Gasteiger partial charge is 0.0672 e. The van der Waals surface area contributed by atoms with Crippen molar-refractivity contribution >= 4 is 0 Å². The molecule has 94 valence electrons. The average molecular weight is 225 g/mol. The van der Waals surface area contributed by atoms with Gasteiger partial charge in [0.15, 0.2) is 0 Å². The van der Waals surface area contributed by atoms with Crippen LogP contribution in [-0.4, -0.2) is 25.8 Å². The summed E-state index contributed by atoms with van der Waals surface area (Å²) in [6, 6.07) is 0.701. The van der Waals surface area contributed by atoms with Gasteiger partial charge in [-0.25, -0.2) is 0 Å². The zero-order valence-electron chi connectivity index (χ0n) is 11.1. The van der Waals surface area contributed by atoms with Crippen molar-refractivity contribution in [3.63, 3.8) is 0 Å². The van der Waals surface area contributed by atoms with Gasteiger partial charge in [-0.15, -0.1) is 0 Å². The van der Waals surface area contributed by atoms with Crippen molar-refractivity contribution in [3.8, 4) is 0 Å². The number of nitrogens with one attached hydrogen (secondary N) is 1. The molecule has 0 aromatic carbocycles. The highest BCUT2D eigenvalue weighted by atomic mass is 16.5. The Labute approximate surface area is 100 Å². The molecule has 0 amide bonds. The molecule has 0 radical (unpaired) electrons. The van der Waals surface area contributed by atoms with E-state index in [-0.39, 0.29) is 0 Å². The first-order chi connectivity index (χ1) is 7.58. The van der Waals surface area contributed by atoms with Gasteiger partial charge in [-0.05, 0) is 38.0 Å². The van der Waals surface area contributed by atoms with E-state index in [2.05, 4.69) is 25.7 Å². The molecule has 0 spiro atoms. The molecule has 0 aromatic heterocycles. The molecule has 0 saturated heterocycles. The summed E-state index contributed by atoms with van der Waals surface area (Å²) in [4.78, 5) is 0. The van der Waals surface area contributed by atoms with Crippen molar-refractivity contribution in [1.82, 2.24) is 5.32 Å². The topological polar surface area (TPSA) is 21.3 Å². The Bertz CT molecular complexity index is 205. The van der Waals surface area contributed by atoms with Crippen molar-refractivity contribution in [2.45, 2.75) is 46.1 Å². The van der Waals surface area contributed by atoms with Gasteiger partial charge in [0.2, 0.25) is 0 Å². The second-order valence-electron chi connectivity index (χ2n) is 5.58. The van der Waals surface area contributed by atoms with Crippen molar-refractivity contribution < 1.29 is 4.74 Å². The van der Waals surface area contributed by atoms with Crippen LogP contribution in [0.5, 0.6) is 0 Å². The Balaban J connectivity index is 2.06. The highest BCUT2D eigenvalue weighted by Gasteiger charge is 2.22.